The Bertz CT molecular complexity index is 767. The molecule has 3 aromatic rings. The first kappa shape index (κ1) is 13.8. The van der Waals surface area contributed by atoms with E-state index in [1.165, 1.54) is 6.07 Å². The summed E-state index contributed by atoms with van der Waals surface area (Å²) in [6.07, 6.45) is 3.61. The van der Waals surface area contributed by atoms with Crippen LogP contribution in [0.5, 0.6) is 0 Å². The minimum atomic E-state index is -0.387. The SMILES string of the molecule is O=[N+]([O-])c1cccc(CNc2ccc(-n3cccn3)cc2)c1. The van der Waals surface area contributed by atoms with Gasteiger partial charge in [0.15, 0.2) is 0 Å². The second kappa shape index (κ2) is 6.09. The normalized spacial score (nSPS) is 10.4. The van der Waals surface area contributed by atoms with Crippen LogP contribution in [-0.2, 0) is 6.54 Å². The van der Waals surface area contributed by atoms with Crippen molar-refractivity contribution in [3.05, 3.63) is 82.7 Å². The highest BCUT2D eigenvalue weighted by molar-refractivity contribution is 5.49. The van der Waals surface area contributed by atoms with E-state index in [0.717, 1.165) is 16.9 Å². The van der Waals surface area contributed by atoms with Gasteiger partial charge in [0.05, 0.1) is 10.6 Å². The van der Waals surface area contributed by atoms with Crippen molar-refractivity contribution in [1.29, 1.82) is 0 Å². The van der Waals surface area contributed by atoms with Crippen LogP contribution in [0.25, 0.3) is 5.69 Å². The average Bonchev–Trinajstić information content (AvgIpc) is 3.08. The topological polar surface area (TPSA) is 73.0 Å². The smallest absolute Gasteiger partial charge is 0.269 e. The highest BCUT2D eigenvalue weighted by Gasteiger charge is 2.05. The fourth-order valence-corrected chi connectivity index (χ4v) is 2.14. The Hall–Kier alpha value is -3.15. The summed E-state index contributed by atoms with van der Waals surface area (Å²) in [5.74, 6) is 0. The number of benzene rings is 2. The van der Waals surface area contributed by atoms with Crippen molar-refractivity contribution in [3.8, 4) is 5.69 Å². The van der Waals surface area contributed by atoms with Gasteiger partial charge >= 0.3 is 0 Å². The van der Waals surface area contributed by atoms with E-state index in [0.29, 0.717) is 6.54 Å². The Kier molecular flexibility index (Phi) is 3.82. The van der Waals surface area contributed by atoms with Gasteiger partial charge in [-0.05, 0) is 35.9 Å². The van der Waals surface area contributed by atoms with Crippen LogP contribution in [0.3, 0.4) is 0 Å². The maximum absolute atomic E-state index is 10.8. The molecule has 110 valence electrons. The van der Waals surface area contributed by atoms with Crippen LogP contribution in [0.15, 0.2) is 67.0 Å². The Labute approximate surface area is 127 Å². The summed E-state index contributed by atoms with van der Waals surface area (Å²) >= 11 is 0. The lowest BCUT2D eigenvalue weighted by atomic mass is 10.2. The molecule has 0 atom stereocenters. The Morgan fingerprint density at radius 1 is 1.14 bits per heavy atom. The van der Waals surface area contributed by atoms with Crippen molar-refractivity contribution >= 4 is 11.4 Å². The van der Waals surface area contributed by atoms with Crippen LogP contribution in [-0.4, -0.2) is 14.7 Å². The molecule has 0 radical (unpaired) electrons. The van der Waals surface area contributed by atoms with Crippen LogP contribution in [0.1, 0.15) is 5.56 Å². The van der Waals surface area contributed by atoms with Gasteiger partial charge in [0.2, 0.25) is 0 Å². The number of nitrogens with one attached hydrogen (secondary N) is 1. The van der Waals surface area contributed by atoms with E-state index in [4.69, 9.17) is 0 Å². The number of rotatable bonds is 5. The molecule has 1 N–H and O–H groups in total. The maximum atomic E-state index is 10.8. The lowest BCUT2D eigenvalue weighted by Crippen LogP contribution is -2.01. The van der Waals surface area contributed by atoms with E-state index in [9.17, 15) is 10.1 Å². The van der Waals surface area contributed by atoms with E-state index >= 15 is 0 Å². The van der Waals surface area contributed by atoms with Crippen LogP contribution in [0.2, 0.25) is 0 Å². The Morgan fingerprint density at radius 3 is 2.64 bits per heavy atom. The molecular weight excluding hydrogens is 280 g/mol. The molecule has 0 bridgehead atoms. The van der Waals surface area contributed by atoms with Crippen molar-refractivity contribution in [2.24, 2.45) is 0 Å². The molecular formula is C16H14N4O2. The molecule has 0 aliphatic heterocycles. The summed E-state index contributed by atoms with van der Waals surface area (Å²) in [7, 11) is 0. The zero-order valence-corrected chi connectivity index (χ0v) is 11.7. The number of hydrogen-bond donors (Lipinski definition) is 1. The molecule has 0 unspecified atom stereocenters. The van der Waals surface area contributed by atoms with Crippen LogP contribution < -0.4 is 5.32 Å². The van der Waals surface area contributed by atoms with Crippen molar-refractivity contribution in [1.82, 2.24) is 9.78 Å². The maximum Gasteiger partial charge on any atom is 0.269 e. The van der Waals surface area contributed by atoms with Crippen LogP contribution >= 0.6 is 0 Å². The fraction of sp³-hybridized carbons (Fsp3) is 0.0625. The van der Waals surface area contributed by atoms with Gasteiger partial charge in [-0.15, -0.1) is 0 Å². The molecule has 0 saturated heterocycles. The number of nitrogens with zero attached hydrogens (tertiary/aromatic N) is 3. The first-order valence-corrected chi connectivity index (χ1v) is 6.80. The summed E-state index contributed by atoms with van der Waals surface area (Å²) in [6, 6.07) is 16.3. The van der Waals surface area contributed by atoms with Gasteiger partial charge in [-0.25, -0.2) is 4.68 Å². The van der Waals surface area contributed by atoms with Gasteiger partial charge in [0, 0.05) is 36.8 Å². The third-order valence-corrected chi connectivity index (χ3v) is 3.25. The molecule has 22 heavy (non-hydrogen) atoms. The quantitative estimate of drug-likeness (QED) is 0.578. The summed E-state index contributed by atoms with van der Waals surface area (Å²) < 4.78 is 1.78. The zero-order valence-electron chi connectivity index (χ0n) is 11.7. The van der Waals surface area contributed by atoms with E-state index in [2.05, 4.69) is 10.4 Å². The number of nitro benzene ring substituents is 1. The average molecular weight is 294 g/mol. The van der Waals surface area contributed by atoms with Crippen LogP contribution in [0.4, 0.5) is 11.4 Å². The summed E-state index contributed by atoms with van der Waals surface area (Å²) in [6.45, 7) is 0.531. The molecule has 2 aromatic carbocycles. The largest absolute Gasteiger partial charge is 0.381 e. The molecule has 0 saturated carbocycles. The third kappa shape index (κ3) is 3.12. The van der Waals surface area contributed by atoms with Gasteiger partial charge < -0.3 is 5.32 Å². The lowest BCUT2D eigenvalue weighted by Gasteiger charge is -2.08. The number of hydrogen-bond acceptors (Lipinski definition) is 4. The number of anilines is 1. The number of nitro groups is 1. The van der Waals surface area contributed by atoms with Crippen molar-refractivity contribution in [2.75, 3.05) is 5.32 Å². The molecule has 0 spiro atoms. The van der Waals surface area contributed by atoms with Crippen molar-refractivity contribution in [2.45, 2.75) is 6.54 Å². The standard InChI is InChI=1S/C16H14N4O2/c21-20(22)16-4-1-3-13(11-16)12-17-14-5-7-15(8-6-14)19-10-2-9-18-19/h1-11,17H,12H2. The van der Waals surface area contributed by atoms with E-state index in [-0.39, 0.29) is 10.6 Å². The van der Waals surface area contributed by atoms with Crippen molar-refractivity contribution in [3.63, 3.8) is 0 Å². The molecule has 0 fully saturated rings. The molecule has 0 aliphatic carbocycles. The minimum absolute atomic E-state index is 0.105. The molecule has 0 aliphatic rings. The first-order chi connectivity index (χ1) is 10.7. The van der Waals surface area contributed by atoms with E-state index in [1.807, 2.05) is 42.6 Å². The van der Waals surface area contributed by atoms with Gasteiger partial charge in [-0.3, -0.25) is 10.1 Å². The molecule has 1 aromatic heterocycles. The molecule has 0 amide bonds. The van der Waals surface area contributed by atoms with E-state index in [1.54, 1.807) is 23.0 Å². The van der Waals surface area contributed by atoms with Gasteiger partial charge in [-0.2, -0.15) is 5.10 Å². The highest BCUT2D eigenvalue weighted by Crippen LogP contribution is 2.16. The van der Waals surface area contributed by atoms with Gasteiger partial charge in [0.1, 0.15) is 0 Å². The number of aromatic nitrogens is 2. The molecule has 3 rings (SSSR count). The second-order valence-electron chi connectivity index (χ2n) is 4.78. The monoisotopic (exact) mass is 294 g/mol. The lowest BCUT2D eigenvalue weighted by molar-refractivity contribution is -0.384. The summed E-state index contributed by atoms with van der Waals surface area (Å²) in [4.78, 5) is 10.4. The number of non-ortho nitro benzene ring substituents is 1. The Morgan fingerprint density at radius 2 is 1.95 bits per heavy atom. The zero-order chi connectivity index (χ0) is 15.4. The van der Waals surface area contributed by atoms with Crippen LogP contribution in [0, 0.1) is 10.1 Å². The minimum Gasteiger partial charge on any atom is -0.381 e. The Balaban J connectivity index is 1.66. The predicted molar refractivity (Wildman–Crippen MR) is 84.0 cm³/mol. The van der Waals surface area contributed by atoms with E-state index < -0.39 is 0 Å². The van der Waals surface area contributed by atoms with Gasteiger partial charge in [0.25, 0.3) is 5.69 Å². The molecule has 6 nitrogen and oxygen atoms in total. The molecule has 1 heterocycles. The second-order valence-corrected chi connectivity index (χ2v) is 4.78. The first-order valence-electron chi connectivity index (χ1n) is 6.80. The summed E-state index contributed by atoms with van der Waals surface area (Å²) in [5.41, 5.74) is 2.90. The van der Waals surface area contributed by atoms with Gasteiger partial charge in [-0.1, -0.05) is 12.1 Å². The predicted octanol–water partition coefficient (Wildman–Crippen LogP) is 3.39. The fourth-order valence-electron chi connectivity index (χ4n) is 2.14. The third-order valence-electron chi connectivity index (χ3n) is 3.25. The summed E-state index contributed by atoms with van der Waals surface area (Å²) in [5, 5.41) is 18.2. The van der Waals surface area contributed by atoms with Crippen molar-refractivity contribution < 1.29 is 4.92 Å². The highest BCUT2D eigenvalue weighted by atomic mass is 16.6. The molecule has 6 heteroatoms.